The molecule has 1 heterocycles. The van der Waals surface area contributed by atoms with E-state index in [1.165, 1.54) is 12.1 Å². The Morgan fingerprint density at radius 3 is 3.05 bits per heavy atom. The molecule has 2 atom stereocenters. The fraction of sp³-hybridized carbons (Fsp3) is 0.500. The topological polar surface area (TPSA) is 52.6 Å². The quantitative estimate of drug-likeness (QED) is 0.882. The van der Waals surface area contributed by atoms with Crippen LogP contribution in [0, 0.1) is 11.7 Å². The molecule has 0 bridgehead atoms. The highest BCUT2D eigenvalue weighted by molar-refractivity contribution is 6.31. The minimum Gasteiger partial charge on any atom is -0.393 e. The number of likely N-dealkylation sites (tertiary alicyclic amines) is 1. The zero-order chi connectivity index (χ0) is 14.7. The first-order valence-electron chi connectivity index (χ1n) is 6.67. The molecule has 0 radical (unpaired) electrons. The highest BCUT2D eigenvalue weighted by Crippen LogP contribution is 2.24. The Morgan fingerprint density at radius 2 is 2.35 bits per heavy atom. The lowest BCUT2D eigenvalue weighted by atomic mass is 9.94. The standard InChI is InChI=1S/C14H18ClFN2O2/c1-9(19)10-4-3-7-18(8-10)14(20)17-12-6-2-5-11(15)13(12)16/h2,5-6,9-10,19H,3-4,7-8H2,1H3,(H,17,20). The van der Waals surface area contributed by atoms with Gasteiger partial charge in [0.2, 0.25) is 0 Å². The molecule has 1 aliphatic heterocycles. The maximum absolute atomic E-state index is 13.7. The van der Waals surface area contributed by atoms with Gasteiger partial charge in [0.25, 0.3) is 0 Å². The highest BCUT2D eigenvalue weighted by Gasteiger charge is 2.26. The molecule has 1 aliphatic rings. The van der Waals surface area contributed by atoms with Gasteiger partial charge >= 0.3 is 6.03 Å². The van der Waals surface area contributed by atoms with Crippen molar-refractivity contribution in [1.82, 2.24) is 4.90 Å². The van der Waals surface area contributed by atoms with Crippen LogP contribution in [0.15, 0.2) is 18.2 Å². The second kappa shape index (κ2) is 6.41. The van der Waals surface area contributed by atoms with Gasteiger partial charge in [0.1, 0.15) is 0 Å². The number of nitrogens with zero attached hydrogens (tertiary/aromatic N) is 1. The van der Waals surface area contributed by atoms with Crippen LogP contribution in [0.1, 0.15) is 19.8 Å². The van der Waals surface area contributed by atoms with Crippen molar-refractivity contribution in [3.63, 3.8) is 0 Å². The minimum atomic E-state index is -0.633. The molecular formula is C14H18ClFN2O2. The molecule has 0 spiro atoms. The first kappa shape index (κ1) is 15.1. The number of hydrogen-bond acceptors (Lipinski definition) is 2. The zero-order valence-electron chi connectivity index (χ0n) is 11.3. The summed E-state index contributed by atoms with van der Waals surface area (Å²) >= 11 is 5.67. The molecule has 2 unspecified atom stereocenters. The molecule has 0 aromatic heterocycles. The maximum atomic E-state index is 13.7. The Labute approximate surface area is 122 Å². The van der Waals surface area contributed by atoms with Crippen molar-refractivity contribution in [3.8, 4) is 0 Å². The number of amides is 2. The summed E-state index contributed by atoms with van der Waals surface area (Å²) in [5, 5.41) is 12.1. The van der Waals surface area contributed by atoms with Crippen molar-refractivity contribution in [2.24, 2.45) is 5.92 Å². The Kier molecular flexibility index (Phi) is 4.83. The summed E-state index contributed by atoms with van der Waals surface area (Å²) in [5.74, 6) is -0.565. The minimum absolute atomic E-state index is 0.0247. The molecule has 0 aliphatic carbocycles. The molecule has 6 heteroatoms. The van der Waals surface area contributed by atoms with Gasteiger partial charge in [-0.2, -0.15) is 0 Å². The van der Waals surface area contributed by atoms with E-state index in [-0.39, 0.29) is 22.7 Å². The molecule has 20 heavy (non-hydrogen) atoms. The number of piperidine rings is 1. The summed E-state index contributed by atoms with van der Waals surface area (Å²) in [6, 6.07) is 4.11. The van der Waals surface area contributed by atoms with Crippen LogP contribution in [0.4, 0.5) is 14.9 Å². The molecule has 1 aromatic rings. The van der Waals surface area contributed by atoms with Gasteiger partial charge < -0.3 is 15.3 Å². The van der Waals surface area contributed by atoms with E-state index in [0.717, 1.165) is 12.8 Å². The van der Waals surface area contributed by atoms with E-state index in [9.17, 15) is 14.3 Å². The van der Waals surface area contributed by atoms with Gasteiger partial charge in [-0.05, 0) is 31.9 Å². The monoisotopic (exact) mass is 300 g/mol. The van der Waals surface area contributed by atoms with Gasteiger partial charge in [-0.25, -0.2) is 9.18 Å². The largest absolute Gasteiger partial charge is 0.393 e. The molecule has 110 valence electrons. The average molecular weight is 301 g/mol. The number of anilines is 1. The smallest absolute Gasteiger partial charge is 0.321 e. The van der Waals surface area contributed by atoms with Gasteiger partial charge in [0.15, 0.2) is 5.82 Å². The lowest BCUT2D eigenvalue weighted by Crippen LogP contribution is -2.44. The Hall–Kier alpha value is -1.33. The van der Waals surface area contributed by atoms with Gasteiger partial charge in [0, 0.05) is 19.0 Å². The molecule has 2 rings (SSSR count). The fourth-order valence-electron chi connectivity index (χ4n) is 2.38. The summed E-state index contributed by atoms with van der Waals surface area (Å²) in [5.41, 5.74) is 0.0710. The number of carbonyl (C=O) groups is 1. The number of urea groups is 1. The van der Waals surface area contributed by atoms with Gasteiger partial charge in [-0.15, -0.1) is 0 Å². The summed E-state index contributed by atoms with van der Waals surface area (Å²) in [4.78, 5) is 13.7. The van der Waals surface area contributed by atoms with E-state index < -0.39 is 11.9 Å². The zero-order valence-corrected chi connectivity index (χ0v) is 12.0. The molecule has 4 nitrogen and oxygen atoms in total. The Bertz CT molecular complexity index is 496. The molecule has 1 fully saturated rings. The van der Waals surface area contributed by atoms with Gasteiger partial charge in [-0.1, -0.05) is 17.7 Å². The molecule has 2 N–H and O–H groups in total. The van der Waals surface area contributed by atoms with Crippen molar-refractivity contribution >= 4 is 23.3 Å². The predicted molar refractivity (Wildman–Crippen MR) is 76.4 cm³/mol. The molecule has 0 saturated carbocycles. The number of nitrogens with one attached hydrogen (secondary N) is 1. The third-order valence-corrected chi connectivity index (χ3v) is 3.91. The van der Waals surface area contributed by atoms with Crippen LogP contribution in [-0.2, 0) is 0 Å². The van der Waals surface area contributed by atoms with E-state index in [2.05, 4.69) is 5.32 Å². The van der Waals surface area contributed by atoms with Crippen LogP contribution in [-0.4, -0.2) is 35.2 Å². The number of benzene rings is 1. The van der Waals surface area contributed by atoms with Crippen LogP contribution < -0.4 is 5.32 Å². The Morgan fingerprint density at radius 1 is 1.60 bits per heavy atom. The third kappa shape index (κ3) is 3.41. The SMILES string of the molecule is CC(O)C1CCCN(C(=O)Nc2cccc(Cl)c2F)C1. The number of carbonyl (C=O) groups excluding carboxylic acids is 1. The van der Waals surface area contributed by atoms with E-state index in [4.69, 9.17) is 11.6 Å². The molecule has 1 aromatic carbocycles. The van der Waals surface area contributed by atoms with Crippen molar-refractivity contribution < 1.29 is 14.3 Å². The second-order valence-electron chi connectivity index (χ2n) is 5.12. The van der Waals surface area contributed by atoms with Gasteiger partial charge in [0.05, 0.1) is 16.8 Å². The van der Waals surface area contributed by atoms with Crippen molar-refractivity contribution in [2.45, 2.75) is 25.9 Å². The van der Waals surface area contributed by atoms with Crippen LogP contribution in [0.5, 0.6) is 0 Å². The fourth-order valence-corrected chi connectivity index (χ4v) is 2.56. The first-order chi connectivity index (χ1) is 9.49. The number of hydrogen-bond donors (Lipinski definition) is 2. The van der Waals surface area contributed by atoms with E-state index in [1.807, 2.05) is 0 Å². The molecular weight excluding hydrogens is 283 g/mol. The Balaban J connectivity index is 2.03. The number of rotatable bonds is 2. The summed E-state index contributed by atoms with van der Waals surface area (Å²) in [7, 11) is 0. The maximum Gasteiger partial charge on any atom is 0.321 e. The van der Waals surface area contributed by atoms with Crippen molar-refractivity contribution in [2.75, 3.05) is 18.4 Å². The highest BCUT2D eigenvalue weighted by atomic mass is 35.5. The second-order valence-corrected chi connectivity index (χ2v) is 5.53. The summed E-state index contributed by atoms with van der Waals surface area (Å²) in [6.07, 6.45) is 1.28. The van der Waals surface area contributed by atoms with E-state index >= 15 is 0 Å². The van der Waals surface area contributed by atoms with Crippen LogP contribution in [0.2, 0.25) is 5.02 Å². The summed E-state index contributed by atoms with van der Waals surface area (Å²) in [6.45, 7) is 2.81. The predicted octanol–water partition coefficient (Wildman–Crippen LogP) is 3.10. The van der Waals surface area contributed by atoms with Crippen molar-refractivity contribution in [1.29, 1.82) is 0 Å². The lowest BCUT2D eigenvalue weighted by molar-refractivity contribution is 0.0766. The normalized spacial score (nSPS) is 20.6. The third-order valence-electron chi connectivity index (χ3n) is 3.62. The number of halogens is 2. The molecule has 2 amide bonds. The van der Waals surface area contributed by atoms with E-state index in [0.29, 0.717) is 13.1 Å². The average Bonchev–Trinajstić information content (AvgIpc) is 2.44. The van der Waals surface area contributed by atoms with Crippen molar-refractivity contribution in [3.05, 3.63) is 29.0 Å². The van der Waals surface area contributed by atoms with Crippen LogP contribution in [0.3, 0.4) is 0 Å². The summed E-state index contributed by atoms with van der Waals surface area (Å²) < 4.78 is 13.7. The first-order valence-corrected chi connectivity index (χ1v) is 7.05. The number of aliphatic hydroxyl groups is 1. The number of aliphatic hydroxyl groups excluding tert-OH is 1. The van der Waals surface area contributed by atoms with Gasteiger partial charge in [-0.3, -0.25) is 0 Å². The lowest BCUT2D eigenvalue weighted by Gasteiger charge is -2.34. The molecule has 1 saturated heterocycles. The van der Waals surface area contributed by atoms with E-state index in [1.54, 1.807) is 17.9 Å². The van der Waals surface area contributed by atoms with Crippen LogP contribution in [0.25, 0.3) is 0 Å². The van der Waals surface area contributed by atoms with Crippen LogP contribution >= 0.6 is 11.6 Å².